The maximum absolute atomic E-state index is 12.7. The van der Waals surface area contributed by atoms with Crippen molar-refractivity contribution < 1.29 is 9.50 Å². The molecule has 82 valence electrons. The van der Waals surface area contributed by atoms with Crippen LogP contribution in [-0.2, 0) is 6.61 Å². The van der Waals surface area contributed by atoms with Gasteiger partial charge in [0.05, 0.1) is 12.3 Å². The molecule has 4 nitrogen and oxygen atoms in total. The molecule has 16 heavy (non-hydrogen) atoms. The Bertz CT molecular complexity index is 473. The molecule has 0 fully saturated rings. The van der Waals surface area contributed by atoms with Crippen molar-refractivity contribution in [2.75, 3.05) is 5.32 Å². The number of aliphatic hydroxyl groups is 1. The van der Waals surface area contributed by atoms with Crippen LogP contribution in [0.2, 0.25) is 0 Å². The average molecular weight is 219 g/mol. The Morgan fingerprint density at radius 3 is 2.62 bits per heavy atom. The van der Waals surface area contributed by atoms with E-state index in [9.17, 15) is 4.39 Å². The SMILES string of the molecule is OCc1ccnc(Nc2ccc(F)cc2)n1. The second-order valence-corrected chi connectivity index (χ2v) is 3.16. The van der Waals surface area contributed by atoms with E-state index in [-0.39, 0.29) is 12.4 Å². The predicted octanol–water partition coefficient (Wildman–Crippen LogP) is 1.85. The third-order valence-corrected chi connectivity index (χ3v) is 1.98. The molecule has 1 aromatic carbocycles. The van der Waals surface area contributed by atoms with E-state index < -0.39 is 0 Å². The molecule has 2 aromatic rings. The number of nitrogens with one attached hydrogen (secondary N) is 1. The summed E-state index contributed by atoms with van der Waals surface area (Å²) in [5.41, 5.74) is 1.22. The minimum atomic E-state index is -0.296. The van der Waals surface area contributed by atoms with E-state index in [0.717, 1.165) is 0 Å². The van der Waals surface area contributed by atoms with Crippen LogP contribution in [0.15, 0.2) is 36.5 Å². The molecule has 0 radical (unpaired) electrons. The highest BCUT2D eigenvalue weighted by Crippen LogP contribution is 2.13. The monoisotopic (exact) mass is 219 g/mol. The summed E-state index contributed by atoms with van der Waals surface area (Å²) in [5.74, 6) is 0.0775. The standard InChI is InChI=1S/C11H10FN3O/c12-8-1-3-9(4-2-8)14-11-13-6-5-10(7-16)15-11/h1-6,16H,7H2,(H,13,14,15). The van der Waals surface area contributed by atoms with Crippen LogP contribution in [0, 0.1) is 5.82 Å². The van der Waals surface area contributed by atoms with Gasteiger partial charge in [-0.3, -0.25) is 0 Å². The van der Waals surface area contributed by atoms with Gasteiger partial charge in [-0.15, -0.1) is 0 Å². The fourth-order valence-corrected chi connectivity index (χ4v) is 1.21. The highest BCUT2D eigenvalue weighted by molar-refractivity contribution is 5.52. The van der Waals surface area contributed by atoms with Gasteiger partial charge >= 0.3 is 0 Å². The molecule has 0 amide bonds. The number of halogens is 1. The van der Waals surface area contributed by atoms with Gasteiger partial charge in [0.1, 0.15) is 5.82 Å². The number of hydrogen-bond donors (Lipinski definition) is 2. The Hall–Kier alpha value is -2.01. The molecular formula is C11H10FN3O. The number of aliphatic hydroxyl groups excluding tert-OH is 1. The first-order chi connectivity index (χ1) is 7.78. The maximum atomic E-state index is 12.7. The zero-order valence-corrected chi connectivity index (χ0v) is 8.39. The fourth-order valence-electron chi connectivity index (χ4n) is 1.21. The molecule has 2 N–H and O–H groups in total. The maximum Gasteiger partial charge on any atom is 0.227 e. The van der Waals surface area contributed by atoms with Gasteiger partial charge in [-0.1, -0.05) is 0 Å². The molecule has 2 rings (SSSR count). The first-order valence-corrected chi connectivity index (χ1v) is 4.73. The first kappa shape index (κ1) is 10.5. The number of anilines is 2. The van der Waals surface area contributed by atoms with Gasteiger partial charge in [0, 0.05) is 11.9 Å². The van der Waals surface area contributed by atoms with Crippen molar-refractivity contribution in [2.45, 2.75) is 6.61 Å². The summed E-state index contributed by atoms with van der Waals surface area (Å²) in [6.45, 7) is -0.138. The Kier molecular flexibility index (Phi) is 3.07. The van der Waals surface area contributed by atoms with Gasteiger partial charge in [-0.2, -0.15) is 0 Å². The largest absolute Gasteiger partial charge is 0.390 e. The van der Waals surface area contributed by atoms with Crippen molar-refractivity contribution in [2.24, 2.45) is 0 Å². The summed E-state index contributed by atoms with van der Waals surface area (Å²) in [5, 5.41) is 11.8. The molecule has 0 atom stereocenters. The van der Waals surface area contributed by atoms with Crippen LogP contribution >= 0.6 is 0 Å². The summed E-state index contributed by atoms with van der Waals surface area (Å²) in [6.07, 6.45) is 1.55. The van der Waals surface area contributed by atoms with Crippen molar-refractivity contribution >= 4 is 11.6 Å². The van der Waals surface area contributed by atoms with Crippen LogP contribution < -0.4 is 5.32 Å². The van der Waals surface area contributed by atoms with Crippen molar-refractivity contribution in [1.29, 1.82) is 0 Å². The van der Waals surface area contributed by atoms with Crippen molar-refractivity contribution in [1.82, 2.24) is 9.97 Å². The van der Waals surface area contributed by atoms with Gasteiger partial charge in [0.15, 0.2) is 0 Å². The predicted molar refractivity (Wildman–Crippen MR) is 57.6 cm³/mol. The van der Waals surface area contributed by atoms with Gasteiger partial charge in [0.25, 0.3) is 0 Å². The third-order valence-electron chi connectivity index (χ3n) is 1.98. The fraction of sp³-hybridized carbons (Fsp3) is 0.0909. The molecule has 0 aliphatic rings. The zero-order valence-electron chi connectivity index (χ0n) is 8.39. The Morgan fingerprint density at radius 2 is 1.94 bits per heavy atom. The van der Waals surface area contributed by atoms with E-state index >= 15 is 0 Å². The molecule has 0 spiro atoms. The topological polar surface area (TPSA) is 58.0 Å². The lowest BCUT2D eigenvalue weighted by atomic mass is 10.3. The number of benzene rings is 1. The lowest BCUT2D eigenvalue weighted by molar-refractivity contribution is 0.277. The highest BCUT2D eigenvalue weighted by atomic mass is 19.1. The lowest BCUT2D eigenvalue weighted by Gasteiger charge is -2.04. The van der Waals surface area contributed by atoms with E-state index in [2.05, 4.69) is 15.3 Å². The van der Waals surface area contributed by atoms with Crippen LogP contribution in [-0.4, -0.2) is 15.1 Å². The van der Waals surface area contributed by atoms with E-state index in [0.29, 0.717) is 17.3 Å². The number of rotatable bonds is 3. The number of nitrogens with zero attached hydrogens (tertiary/aromatic N) is 2. The molecule has 0 bridgehead atoms. The van der Waals surface area contributed by atoms with E-state index in [1.165, 1.54) is 12.1 Å². The minimum absolute atomic E-state index is 0.138. The summed E-state index contributed by atoms with van der Waals surface area (Å²) in [6, 6.07) is 7.49. The van der Waals surface area contributed by atoms with Crippen LogP contribution in [0.5, 0.6) is 0 Å². The summed E-state index contributed by atoms with van der Waals surface area (Å²) in [7, 11) is 0. The number of hydrogen-bond acceptors (Lipinski definition) is 4. The van der Waals surface area contributed by atoms with Gasteiger partial charge in [0.2, 0.25) is 5.95 Å². The van der Waals surface area contributed by atoms with E-state index in [1.54, 1.807) is 24.4 Å². The Morgan fingerprint density at radius 1 is 1.19 bits per heavy atom. The quantitative estimate of drug-likeness (QED) is 0.827. The van der Waals surface area contributed by atoms with Gasteiger partial charge < -0.3 is 10.4 Å². The molecule has 1 aromatic heterocycles. The number of aromatic nitrogens is 2. The third kappa shape index (κ3) is 2.52. The summed E-state index contributed by atoms with van der Waals surface area (Å²) >= 11 is 0. The molecule has 0 saturated heterocycles. The second kappa shape index (κ2) is 4.67. The molecule has 0 aliphatic heterocycles. The van der Waals surface area contributed by atoms with Crippen molar-refractivity contribution in [3.05, 3.63) is 48.0 Å². The molecule has 0 saturated carbocycles. The first-order valence-electron chi connectivity index (χ1n) is 4.73. The van der Waals surface area contributed by atoms with Crippen LogP contribution in [0.1, 0.15) is 5.69 Å². The molecule has 0 unspecified atom stereocenters. The lowest BCUT2D eigenvalue weighted by Crippen LogP contribution is -1.99. The van der Waals surface area contributed by atoms with Crippen LogP contribution in [0.4, 0.5) is 16.0 Å². The highest BCUT2D eigenvalue weighted by Gasteiger charge is 1.99. The molecular weight excluding hydrogens is 209 g/mol. The van der Waals surface area contributed by atoms with Crippen LogP contribution in [0.3, 0.4) is 0 Å². The van der Waals surface area contributed by atoms with E-state index in [4.69, 9.17) is 5.11 Å². The summed E-state index contributed by atoms with van der Waals surface area (Å²) < 4.78 is 12.7. The Balaban J connectivity index is 2.16. The molecule has 1 heterocycles. The molecule has 5 heteroatoms. The summed E-state index contributed by atoms with van der Waals surface area (Å²) in [4.78, 5) is 8.02. The van der Waals surface area contributed by atoms with Gasteiger partial charge in [-0.05, 0) is 30.3 Å². The van der Waals surface area contributed by atoms with Gasteiger partial charge in [-0.25, -0.2) is 14.4 Å². The zero-order chi connectivity index (χ0) is 11.4. The minimum Gasteiger partial charge on any atom is -0.390 e. The smallest absolute Gasteiger partial charge is 0.227 e. The van der Waals surface area contributed by atoms with E-state index in [1.807, 2.05) is 0 Å². The molecule has 0 aliphatic carbocycles. The second-order valence-electron chi connectivity index (χ2n) is 3.16. The average Bonchev–Trinajstić information content (AvgIpc) is 2.32. The Labute approximate surface area is 91.8 Å². The normalized spacial score (nSPS) is 10.1. The van der Waals surface area contributed by atoms with Crippen LogP contribution in [0.25, 0.3) is 0 Å². The van der Waals surface area contributed by atoms with Crippen molar-refractivity contribution in [3.8, 4) is 0 Å². The van der Waals surface area contributed by atoms with Crippen molar-refractivity contribution in [3.63, 3.8) is 0 Å².